The molecule has 1 N–H and O–H groups in total. The van der Waals surface area contributed by atoms with Gasteiger partial charge in [-0.2, -0.15) is 0 Å². The molecule has 1 aromatic carbocycles. The van der Waals surface area contributed by atoms with Gasteiger partial charge in [-0.15, -0.1) is 0 Å². The van der Waals surface area contributed by atoms with Gasteiger partial charge in [-0.05, 0) is 56.9 Å². The van der Waals surface area contributed by atoms with Crippen molar-refractivity contribution in [2.75, 3.05) is 26.2 Å². The molecule has 8 heteroatoms. The Labute approximate surface area is 187 Å². The van der Waals surface area contributed by atoms with Crippen LogP contribution in [0.25, 0.3) is 0 Å². The van der Waals surface area contributed by atoms with Crippen molar-refractivity contribution in [3.05, 3.63) is 64.7 Å². The van der Waals surface area contributed by atoms with E-state index >= 15 is 0 Å². The second-order valence-corrected chi connectivity index (χ2v) is 7.75. The molecule has 1 saturated heterocycles. The van der Waals surface area contributed by atoms with E-state index in [2.05, 4.69) is 10.3 Å². The van der Waals surface area contributed by atoms with Gasteiger partial charge in [-0.3, -0.25) is 9.59 Å². The lowest BCUT2D eigenvalue weighted by molar-refractivity contribution is -0.126. The number of rotatable bonds is 7. The summed E-state index contributed by atoms with van der Waals surface area (Å²) in [5.41, 5.74) is 1.63. The summed E-state index contributed by atoms with van der Waals surface area (Å²) < 4.78 is 18.7. The zero-order valence-corrected chi connectivity index (χ0v) is 18.4. The first-order valence-corrected chi connectivity index (χ1v) is 10.9. The van der Waals surface area contributed by atoms with E-state index in [0.29, 0.717) is 55.7 Å². The van der Waals surface area contributed by atoms with Gasteiger partial charge < -0.3 is 15.0 Å². The summed E-state index contributed by atoms with van der Waals surface area (Å²) >= 11 is 0. The molecule has 1 aliphatic heterocycles. The number of halogens is 1. The van der Waals surface area contributed by atoms with Crippen LogP contribution in [0.3, 0.4) is 0 Å². The van der Waals surface area contributed by atoms with Crippen molar-refractivity contribution in [2.24, 2.45) is 5.92 Å². The Bertz CT molecular complexity index is 987. The third-order valence-corrected chi connectivity index (χ3v) is 5.60. The van der Waals surface area contributed by atoms with E-state index in [-0.39, 0.29) is 35.9 Å². The van der Waals surface area contributed by atoms with Crippen molar-refractivity contribution >= 4 is 17.8 Å². The Morgan fingerprint density at radius 1 is 1.16 bits per heavy atom. The average Bonchev–Trinajstić information content (AvgIpc) is 2.80. The van der Waals surface area contributed by atoms with Crippen LogP contribution >= 0.6 is 0 Å². The maximum Gasteiger partial charge on any atom is 0.339 e. The molecule has 0 unspecified atom stereocenters. The fourth-order valence-corrected chi connectivity index (χ4v) is 3.78. The van der Waals surface area contributed by atoms with E-state index in [0.717, 1.165) is 0 Å². The second-order valence-electron chi connectivity index (χ2n) is 7.75. The van der Waals surface area contributed by atoms with Gasteiger partial charge in [-0.25, -0.2) is 14.2 Å². The minimum Gasteiger partial charge on any atom is -0.462 e. The van der Waals surface area contributed by atoms with Gasteiger partial charge in [0.1, 0.15) is 11.5 Å². The largest absolute Gasteiger partial charge is 0.462 e. The van der Waals surface area contributed by atoms with E-state index < -0.39 is 5.97 Å². The first-order chi connectivity index (χ1) is 15.4. The standard InChI is InChI=1S/C24H28FN3O4/c1-3-32-24(31)19-8-9-21(27-16(19)2)23(30)28-14-11-18(12-15-28)22(29)26-13-10-17-6-4-5-7-20(17)25/h4-9,18H,3,10-15H2,1-2H3,(H,26,29). The molecule has 1 aliphatic rings. The topological polar surface area (TPSA) is 88.6 Å². The van der Waals surface area contributed by atoms with Crippen LogP contribution in [0.2, 0.25) is 0 Å². The average molecular weight is 442 g/mol. The number of carbonyl (C=O) groups is 3. The minimum atomic E-state index is -0.460. The van der Waals surface area contributed by atoms with Crippen LogP contribution in [0.1, 0.15) is 51.9 Å². The van der Waals surface area contributed by atoms with Crippen LogP contribution in [0.4, 0.5) is 4.39 Å². The molecule has 0 saturated carbocycles. The number of aromatic nitrogens is 1. The normalized spacial score (nSPS) is 14.2. The molecule has 1 aromatic heterocycles. The fourth-order valence-electron chi connectivity index (χ4n) is 3.78. The van der Waals surface area contributed by atoms with Crippen molar-refractivity contribution in [1.29, 1.82) is 0 Å². The molecule has 1 fully saturated rings. The van der Waals surface area contributed by atoms with Gasteiger partial charge in [0.15, 0.2) is 0 Å². The molecule has 3 rings (SSSR count). The predicted octanol–water partition coefficient (Wildman–Crippen LogP) is 2.92. The number of piperidine rings is 1. The zero-order chi connectivity index (χ0) is 23.1. The molecule has 0 radical (unpaired) electrons. The van der Waals surface area contributed by atoms with Gasteiger partial charge in [0, 0.05) is 25.6 Å². The van der Waals surface area contributed by atoms with E-state index in [1.807, 2.05) is 0 Å². The highest BCUT2D eigenvalue weighted by molar-refractivity contribution is 5.95. The molecule has 0 atom stereocenters. The highest BCUT2D eigenvalue weighted by Gasteiger charge is 2.28. The maximum absolute atomic E-state index is 13.7. The Balaban J connectivity index is 1.49. The van der Waals surface area contributed by atoms with E-state index in [4.69, 9.17) is 4.74 Å². The van der Waals surface area contributed by atoms with Gasteiger partial charge in [0.2, 0.25) is 5.91 Å². The first kappa shape index (κ1) is 23.4. The van der Waals surface area contributed by atoms with Crippen LogP contribution in [0, 0.1) is 18.7 Å². The number of likely N-dealkylation sites (tertiary alicyclic amines) is 1. The Hall–Kier alpha value is -3.29. The number of carbonyl (C=O) groups excluding carboxylic acids is 3. The number of aryl methyl sites for hydroxylation is 1. The number of benzene rings is 1. The molecule has 0 spiro atoms. The molecule has 32 heavy (non-hydrogen) atoms. The SMILES string of the molecule is CCOC(=O)c1ccc(C(=O)N2CCC(C(=O)NCCc3ccccc3F)CC2)nc1C. The van der Waals surface area contributed by atoms with E-state index in [9.17, 15) is 18.8 Å². The molecule has 2 heterocycles. The second kappa shape index (κ2) is 10.8. The molecule has 170 valence electrons. The molecule has 0 bridgehead atoms. The molecule has 2 amide bonds. The quantitative estimate of drug-likeness (QED) is 0.668. The lowest BCUT2D eigenvalue weighted by Gasteiger charge is -2.31. The number of nitrogens with one attached hydrogen (secondary N) is 1. The van der Waals surface area contributed by atoms with Crippen LogP contribution < -0.4 is 5.32 Å². The summed E-state index contributed by atoms with van der Waals surface area (Å²) in [5.74, 6) is -1.20. The predicted molar refractivity (Wildman–Crippen MR) is 117 cm³/mol. The highest BCUT2D eigenvalue weighted by atomic mass is 19.1. The van der Waals surface area contributed by atoms with E-state index in [1.54, 1.807) is 43.0 Å². The molecule has 2 aromatic rings. The van der Waals surface area contributed by atoms with Crippen LogP contribution in [0.5, 0.6) is 0 Å². The third kappa shape index (κ3) is 5.69. The van der Waals surface area contributed by atoms with Crippen molar-refractivity contribution in [1.82, 2.24) is 15.2 Å². The molecular weight excluding hydrogens is 413 g/mol. The van der Waals surface area contributed by atoms with Crippen molar-refractivity contribution in [2.45, 2.75) is 33.1 Å². The molecule has 0 aliphatic carbocycles. The number of nitrogens with zero attached hydrogens (tertiary/aromatic N) is 2. The number of esters is 1. The lowest BCUT2D eigenvalue weighted by atomic mass is 9.95. The van der Waals surface area contributed by atoms with Crippen LogP contribution in [-0.4, -0.2) is 53.9 Å². The van der Waals surface area contributed by atoms with Gasteiger partial charge in [0.05, 0.1) is 17.9 Å². The van der Waals surface area contributed by atoms with Gasteiger partial charge in [-0.1, -0.05) is 18.2 Å². The number of hydrogen-bond acceptors (Lipinski definition) is 5. The Kier molecular flexibility index (Phi) is 7.92. The summed E-state index contributed by atoms with van der Waals surface area (Å²) in [6.07, 6.45) is 1.54. The summed E-state index contributed by atoms with van der Waals surface area (Å²) in [6.45, 7) is 4.93. The van der Waals surface area contributed by atoms with Crippen molar-refractivity contribution in [3.8, 4) is 0 Å². The summed E-state index contributed by atoms with van der Waals surface area (Å²) in [7, 11) is 0. The number of pyridine rings is 1. The fraction of sp³-hybridized carbons (Fsp3) is 0.417. The van der Waals surface area contributed by atoms with Crippen LogP contribution in [0.15, 0.2) is 36.4 Å². The van der Waals surface area contributed by atoms with E-state index in [1.165, 1.54) is 12.1 Å². The molecule has 7 nitrogen and oxygen atoms in total. The summed E-state index contributed by atoms with van der Waals surface area (Å²) in [6, 6.07) is 9.61. The maximum atomic E-state index is 13.7. The number of amides is 2. The van der Waals surface area contributed by atoms with Crippen molar-refractivity contribution in [3.63, 3.8) is 0 Å². The Morgan fingerprint density at radius 2 is 1.88 bits per heavy atom. The first-order valence-electron chi connectivity index (χ1n) is 10.9. The highest BCUT2D eigenvalue weighted by Crippen LogP contribution is 2.20. The molecular formula is C24H28FN3O4. The Morgan fingerprint density at radius 3 is 2.53 bits per heavy atom. The summed E-state index contributed by atoms with van der Waals surface area (Å²) in [4.78, 5) is 43.1. The number of ether oxygens (including phenoxy) is 1. The minimum absolute atomic E-state index is 0.0683. The monoisotopic (exact) mass is 441 g/mol. The zero-order valence-electron chi connectivity index (χ0n) is 18.4. The lowest BCUT2D eigenvalue weighted by Crippen LogP contribution is -2.43. The van der Waals surface area contributed by atoms with Crippen LogP contribution in [-0.2, 0) is 16.0 Å². The van der Waals surface area contributed by atoms with Gasteiger partial charge >= 0.3 is 5.97 Å². The third-order valence-electron chi connectivity index (χ3n) is 5.60. The summed E-state index contributed by atoms with van der Waals surface area (Å²) in [5, 5.41) is 2.87. The van der Waals surface area contributed by atoms with Gasteiger partial charge in [0.25, 0.3) is 5.91 Å². The smallest absolute Gasteiger partial charge is 0.339 e. The number of hydrogen-bond donors (Lipinski definition) is 1. The van der Waals surface area contributed by atoms with Crippen molar-refractivity contribution < 1.29 is 23.5 Å².